The Hall–Kier alpha value is -0.400. The zero-order chi connectivity index (χ0) is 13.3. The zero-order valence-corrected chi connectivity index (χ0v) is 14.4. The van der Waals surface area contributed by atoms with Gasteiger partial charge in [0.1, 0.15) is 5.75 Å². The average molecular weight is 437 g/mol. The Kier molecular flexibility index (Phi) is 4.45. The molecule has 0 bridgehead atoms. The maximum atomic E-state index is 12.4. The van der Waals surface area contributed by atoms with E-state index in [1.807, 2.05) is 30.5 Å². The van der Waals surface area contributed by atoms with Crippen molar-refractivity contribution >= 4 is 55.6 Å². The Balaban J connectivity index is 2.50. The first kappa shape index (κ1) is 14.0. The first-order valence-corrected chi connectivity index (χ1v) is 7.91. The third-order valence-electron chi connectivity index (χ3n) is 2.56. The van der Waals surface area contributed by atoms with E-state index in [1.165, 1.54) is 0 Å². The number of hydrogen-bond donors (Lipinski definition) is 0. The molecule has 0 aliphatic rings. The first-order chi connectivity index (χ1) is 8.52. The van der Waals surface area contributed by atoms with Crippen molar-refractivity contribution in [1.29, 1.82) is 0 Å². The number of rotatable bonds is 3. The molecule has 0 spiro atoms. The maximum Gasteiger partial charge on any atom is 0.197 e. The topological polar surface area (TPSA) is 26.3 Å². The predicted octanol–water partition coefficient (Wildman–Crippen LogP) is 4.66. The SMILES string of the molecule is COc1cc(C)c(Br)cc1C(=O)c1csc(I)c1. The molecule has 0 aliphatic carbocycles. The van der Waals surface area contributed by atoms with Crippen molar-refractivity contribution in [3.63, 3.8) is 0 Å². The van der Waals surface area contributed by atoms with Crippen molar-refractivity contribution in [3.8, 4) is 5.75 Å². The summed E-state index contributed by atoms with van der Waals surface area (Å²) in [6.07, 6.45) is 0. The number of carbonyl (C=O) groups excluding carboxylic acids is 1. The smallest absolute Gasteiger partial charge is 0.197 e. The standard InChI is InChI=1S/C13H10BrIO2S/c1-7-3-11(17-2)9(5-10(7)14)13(16)8-4-12(15)18-6-8/h3-6H,1-2H3. The molecule has 1 aromatic carbocycles. The third-order valence-corrected chi connectivity index (χ3v) is 5.20. The van der Waals surface area contributed by atoms with Gasteiger partial charge in [-0.1, -0.05) is 15.9 Å². The second-order valence-electron chi connectivity index (χ2n) is 3.77. The van der Waals surface area contributed by atoms with Gasteiger partial charge in [-0.25, -0.2) is 0 Å². The minimum absolute atomic E-state index is 0.00767. The van der Waals surface area contributed by atoms with Crippen LogP contribution in [0.5, 0.6) is 5.75 Å². The number of thiophene rings is 1. The van der Waals surface area contributed by atoms with Crippen LogP contribution in [0.1, 0.15) is 21.5 Å². The number of aryl methyl sites for hydroxylation is 1. The van der Waals surface area contributed by atoms with Gasteiger partial charge in [-0.3, -0.25) is 4.79 Å². The summed E-state index contributed by atoms with van der Waals surface area (Å²) in [7, 11) is 1.58. The number of ketones is 1. The van der Waals surface area contributed by atoms with E-state index < -0.39 is 0 Å². The molecule has 0 aliphatic heterocycles. The Morgan fingerprint density at radius 1 is 1.39 bits per heavy atom. The fraction of sp³-hybridized carbons (Fsp3) is 0.154. The van der Waals surface area contributed by atoms with Crippen LogP contribution in [0.4, 0.5) is 0 Å². The summed E-state index contributed by atoms with van der Waals surface area (Å²) < 4.78 is 7.30. The molecule has 0 N–H and O–H groups in total. The molecular formula is C13H10BrIO2S. The lowest BCUT2D eigenvalue weighted by Crippen LogP contribution is -2.03. The van der Waals surface area contributed by atoms with Gasteiger partial charge in [-0.05, 0) is 53.3 Å². The molecule has 2 rings (SSSR count). The van der Waals surface area contributed by atoms with Gasteiger partial charge in [-0.15, -0.1) is 11.3 Å². The molecule has 0 saturated carbocycles. The fourth-order valence-electron chi connectivity index (χ4n) is 1.59. The quantitative estimate of drug-likeness (QED) is 0.516. The molecular weight excluding hydrogens is 427 g/mol. The molecule has 2 aromatic rings. The number of methoxy groups -OCH3 is 1. The minimum Gasteiger partial charge on any atom is -0.496 e. The van der Waals surface area contributed by atoms with Crippen LogP contribution >= 0.6 is 49.9 Å². The summed E-state index contributed by atoms with van der Waals surface area (Å²) in [5, 5.41) is 1.87. The molecule has 0 fully saturated rings. The van der Waals surface area contributed by atoms with Crippen molar-refractivity contribution in [2.75, 3.05) is 7.11 Å². The first-order valence-electron chi connectivity index (χ1n) is 5.16. The summed E-state index contributed by atoms with van der Waals surface area (Å²) >= 11 is 7.22. The van der Waals surface area contributed by atoms with Gasteiger partial charge >= 0.3 is 0 Å². The van der Waals surface area contributed by atoms with Gasteiger partial charge < -0.3 is 4.74 Å². The lowest BCUT2D eigenvalue weighted by molar-refractivity contribution is 0.103. The van der Waals surface area contributed by atoms with Gasteiger partial charge in [0.15, 0.2) is 5.78 Å². The van der Waals surface area contributed by atoms with E-state index in [0.29, 0.717) is 16.9 Å². The lowest BCUT2D eigenvalue weighted by atomic mass is 10.0. The van der Waals surface area contributed by atoms with E-state index in [-0.39, 0.29) is 5.78 Å². The van der Waals surface area contributed by atoms with E-state index in [0.717, 1.165) is 12.9 Å². The fourth-order valence-corrected chi connectivity index (χ4v) is 3.26. The Labute approximate surface area is 132 Å². The third kappa shape index (κ3) is 2.78. The molecule has 1 heterocycles. The summed E-state index contributed by atoms with van der Waals surface area (Å²) in [6.45, 7) is 1.97. The molecule has 5 heteroatoms. The maximum absolute atomic E-state index is 12.4. The highest BCUT2D eigenvalue weighted by atomic mass is 127. The largest absolute Gasteiger partial charge is 0.496 e. The van der Waals surface area contributed by atoms with Crippen molar-refractivity contribution in [1.82, 2.24) is 0 Å². The van der Waals surface area contributed by atoms with Crippen molar-refractivity contribution in [2.24, 2.45) is 0 Å². The molecule has 0 amide bonds. The van der Waals surface area contributed by atoms with E-state index in [4.69, 9.17) is 4.74 Å². The highest BCUT2D eigenvalue weighted by Crippen LogP contribution is 2.30. The predicted molar refractivity (Wildman–Crippen MR) is 85.9 cm³/mol. The monoisotopic (exact) mass is 436 g/mol. The number of carbonyl (C=O) groups is 1. The normalized spacial score (nSPS) is 10.4. The van der Waals surface area contributed by atoms with Gasteiger partial charge in [-0.2, -0.15) is 0 Å². The summed E-state index contributed by atoms with van der Waals surface area (Å²) in [6, 6.07) is 5.58. The van der Waals surface area contributed by atoms with Crippen LogP contribution in [0.25, 0.3) is 0 Å². The summed E-state index contributed by atoms with van der Waals surface area (Å²) in [5.41, 5.74) is 2.34. The van der Waals surface area contributed by atoms with Gasteiger partial charge in [0.2, 0.25) is 0 Å². The number of benzene rings is 1. The highest BCUT2D eigenvalue weighted by Gasteiger charge is 2.17. The molecule has 18 heavy (non-hydrogen) atoms. The molecule has 2 nitrogen and oxygen atoms in total. The van der Waals surface area contributed by atoms with Crippen molar-refractivity contribution < 1.29 is 9.53 Å². The van der Waals surface area contributed by atoms with Crippen LogP contribution in [0.15, 0.2) is 28.1 Å². The second kappa shape index (κ2) is 5.71. The summed E-state index contributed by atoms with van der Waals surface area (Å²) in [4.78, 5) is 12.4. The van der Waals surface area contributed by atoms with Crippen LogP contribution in [-0.2, 0) is 0 Å². The molecule has 1 aromatic heterocycles. The number of halogens is 2. The van der Waals surface area contributed by atoms with Crippen LogP contribution in [0, 0.1) is 9.81 Å². The average Bonchev–Trinajstić information content (AvgIpc) is 2.78. The van der Waals surface area contributed by atoms with Crippen molar-refractivity contribution in [2.45, 2.75) is 6.92 Å². The zero-order valence-electron chi connectivity index (χ0n) is 9.79. The molecule has 0 saturated heterocycles. The lowest BCUT2D eigenvalue weighted by Gasteiger charge is -2.09. The Morgan fingerprint density at radius 2 is 2.11 bits per heavy atom. The number of hydrogen-bond acceptors (Lipinski definition) is 3. The summed E-state index contributed by atoms with van der Waals surface area (Å²) in [5.74, 6) is 0.605. The molecule has 0 radical (unpaired) electrons. The van der Waals surface area contributed by atoms with Gasteiger partial charge in [0.25, 0.3) is 0 Å². The van der Waals surface area contributed by atoms with E-state index >= 15 is 0 Å². The van der Waals surface area contributed by atoms with E-state index in [2.05, 4.69) is 38.5 Å². The second-order valence-corrected chi connectivity index (χ2v) is 7.43. The van der Waals surface area contributed by atoms with E-state index in [9.17, 15) is 4.79 Å². The van der Waals surface area contributed by atoms with Crippen LogP contribution in [0.3, 0.4) is 0 Å². The van der Waals surface area contributed by atoms with Gasteiger partial charge in [0, 0.05) is 15.4 Å². The van der Waals surface area contributed by atoms with E-state index in [1.54, 1.807) is 18.4 Å². The van der Waals surface area contributed by atoms with Crippen LogP contribution in [-0.4, -0.2) is 12.9 Å². The van der Waals surface area contributed by atoms with Crippen molar-refractivity contribution in [3.05, 3.63) is 47.6 Å². The highest BCUT2D eigenvalue weighted by molar-refractivity contribution is 14.1. The molecule has 0 unspecified atom stereocenters. The van der Waals surface area contributed by atoms with Crippen LogP contribution < -0.4 is 4.74 Å². The minimum atomic E-state index is -0.00767. The number of ether oxygens (including phenoxy) is 1. The Morgan fingerprint density at radius 3 is 2.67 bits per heavy atom. The Bertz CT molecular complexity index is 607. The molecule has 94 valence electrons. The molecule has 0 atom stereocenters. The van der Waals surface area contributed by atoms with Gasteiger partial charge in [0.05, 0.1) is 15.6 Å². The van der Waals surface area contributed by atoms with Crippen LogP contribution in [0.2, 0.25) is 0 Å².